The van der Waals surface area contributed by atoms with Crippen molar-refractivity contribution in [3.05, 3.63) is 30.3 Å². The maximum Gasteiger partial charge on any atom is 0.308 e. The van der Waals surface area contributed by atoms with Crippen molar-refractivity contribution >= 4 is 11.9 Å². The van der Waals surface area contributed by atoms with Crippen LogP contribution in [0.2, 0.25) is 0 Å². The molecule has 0 atom stereocenters. The molecule has 0 spiro atoms. The van der Waals surface area contributed by atoms with Crippen molar-refractivity contribution in [2.75, 3.05) is 0 Å². The first kappa shape index (κ1) is 16.2. The lowest BCUT2D eigenvalue weighted by Gasteiger charge is -2.17. The molecule has 0 saturated heterocycles. The smallest absolute Gasteiger partial charge is 0.308 e. The van der Waals surface area contributed by atoms with Gasteiger partial charge in [-0.05, 0) is 32.9 Å². The topological polar surface area (TPSA) is 52.6 Å². The Labute approximate surface area is 108 Å². The van der Waals surface area contributed by atoms with E-state index in [1.807, 2.05) is 39.0 Å². The minimum atomic E-state index is -0.328. The van der Waals surface area contributed by atoms with Crippen LogP contribution in [0.4, 0.5) is 0 Å². The summed E-state index contributed by atoms with van der Waals surface area (Å²) in [5.41, 5.74) is -0.328. The molecular formula is C14H20O4. The summed E-state index contributed by atoms with van der Waals surface area (Å²) < 4.78 is 9.57. The number of rotatable bonds is 1. The summed E-state index contributed by atoms with van der Waals surface area (Å²) in [5, 5.41) is 0. The molecule has 0 unspecified atom stereocenters. The molecule has 0 radical (unpaired) electrons. The van der Waals surface area contributed by atoms with Crippen molar-refractivity contribution in [1.29, 1.82) is 0 Å². The Bertz CT molecular complexity index is 377. The Balaban J connectivity index is 0.000000331. The molecule has 0 fully saturated rings. The van der Waals surface area contributed by atoms with E-state index in [2.05, 4.69) is 0 Å². The molecular weight excluding hydrogens is 232 g/mol. The first-order chi connectivity index (χ1) is 8.20. The average Bonchev–Trinajstić information content (AvgIpc) is 2.14. The van der Waals surface area contributed by atoms with Gasteiger partial charge in [0.25, 0.3) is 0 Å². The zero-order chi connectivity index (χ0) is 14.2. The molecule has 0 heterocycles. The third kappa shape index (κ3) is 10.7. The van der Waals surface area contributed by atoms with E-state index >= 15 is 0 Å². The second kappa shape index (κ2) is 7.48. The largest absolute Gasteiger partial charge is 0.460 e. The molecule has 0 bridgehead atoms. The Morgan fingerprint density at radius 2 is 1.44 bits per heavy atom. The lowest BCUT2D eigenvalue weighted by Crippen LogP contribution is -2.21. The highest BCUT2D eigenvalue weighted by atomic mass is 16.6. The SMILES string of the molecule is CC(=O)OC(C)(C)C.CC(=O)Oc1ccccc1. The summed E-state index contributed by atoms with van der Waals surface area (Å²) in [7, 11) is 0. The number of para-hydroxylation sites is 1. The van der Waals surface area contributed by atoms with Crippen LogP contribution in [0.1, 0.15) is 34.6 Å². The fourth-order valence-electron chi connectivity index (χ4n) is 1.09. The van der Waals surface area contributed by atoms with Crippen LogP contribution < -0.4 is 4.74 Å². The second-order valence-electron chi connectivity index (χ2n) is 4.61. The van der Waals surface area contributed by atoms with Crippen molar-refractivity contribution in [3.8, 4) is 5.75 Å². The minimum Gasteiger partial charge on any atom is -0.460 e. The maximum absolute atomic E-state index is 10.4. The Morgan fingerprint density at radius 3 is 1.72 bits per heavy atom. The van der Waals surface area contributed by atoms with Crippen LogP contribution in [0.5, 0.6) is 5.75 Å². The van der Waals surface area contributed by atoms with Crippen LogP contribution in [0, 0.1) is 0 Å². The molecule has 0 N–H and O–H groups in total. The van der Waals surface area contributed by atoms with Crippen LogP contribution in [-0.4, -0.2) is 17.5 Å². The predicted octanol–water partition coefficient (Wildman–Crippen LogP) is 2.96. The van der Waals surface area contributed by atoms with E-state index in [1.165, 1.54) is 13.8 Å². The molecule has 4 heteroatoms. The van der Waals surface area contributed by atoms with Gasteiger partial charge in [0.05, 0.1) is 0 Å². The van der Waals surface area contributed by atoms with E-state index in [-0.39, 0.29) is 17.5 Å². The first-order valence-corrected chi connectivity index (χ1v) is 5.64. The number of benzene rings is 1. The van der Waals surface area contributed by atoms with Crippen molar-refractivity contribution in [1.82, 2.24) is 0 Å². The highest BCUT2D eigenvalue weighted by molar-refractivity contribution is 5.69. The third-order valence-electron chi connectivity index (χ3n) is 1.45. The van der Waals surface area contributed by atoms with Gasteiger partial charge in [0.2, 0.25) is 0 Å². The molecule has 0 saturated carbocycles. The molecule has 0 aromatic heterocycles. The highest BCUT2D eigenvalue weighted by Gasteiger charge is 2.11. The lowest BCUT2D eigenvalue weighted by atomic mass is 10.2. The molecule has 0 aliphatic heterocycles. The predicted molar refractivity (Wildman–Crippen MR) is 69.3 cm³/mol. The zero-order valence-corrected chi connectivity index (χ0v) is 11.5. The van der Waals surface area contributed by atoms with E-state index in [0.717, 1.165) is 0 Å². The van der Waals surface area contributed by atoms with Crippen molar-refractivity contribution in [2.45, 2.75) is 40.2 Å². The second-order valence-corrected chi connectivity index (χ2v) is 4.61. The quantitative estimate of drug-likeness (QED) is 0.569. The van der Waals surface area contributed by atoms with Gasteiger partial charge in [-0.3, -0.25) is 9.59 Å². The first-order valence-electron chi connectivity index (χ1n) is 5.64. The molecule has 18 heavy (non-hydrogen) atoms. The summed E-state index contributed by atoms with van der Waals surface area (Å²) in [6, 6.07) is 8.98. The standard InChI is InChI=1S/C8H8O2.C6H12O2/c1-7(9)10-8-5-3-2-4-6-8;1-5(7)8-6(2,3)4/h2-6H,1H3;1-4H3. The molecule has 0 aliphatic carbocycles. The lowest BCUT2D eigenvalue weighted by molar-refractivity contribution is -0.151. The Morgan fingerprint density at radius 1 is 0.944 bits per heavy atom. The third-order valence-corrected chi connectivity index (χ3v) is 1.45. The minimum absolute atomic E-state index is 0.225. The zero-order valence-electron chi connectivity index (χ0n) is 11.5. The van der Waals surface area contributed by atoms with Crippen LogP contribution >= 0.6 is 0 Å². The fourth-order valence-corrected chi connectivity index (χ4v) is 1.09. The summed E-state index contributed by atoms with van der Waals surface area (Å²) in [4.78, 5) is 20.6. The van der Waals surface area contributed by atoms with Gasteiger partial charge >= 0.3 is 11.9 Å². The van der Waals surface area contributed by atoms with Gasteiger partial charge < -0.3 is 9.47 Å². The van der Waals surface area contributed by atoms with Crippen LogP contribution in [-0.2, 0) is 14.3 Å². The van der Waals surface area contributed by atoms with Gasteiger partial charge in [0.1, 0.15) is 11.4 Å². The van der Waals surface area contributed by atoms with E-state index in [4.69, 9.17) is 9.47 Å². The monoisotopic (exact) mass is 252 g/mol. The van der Waals surface area contributed by atoms with Gasteiger partial charge in [0, 0.05) is 13.8 Å². The summed E-state index contributed by atoms with van der Waals surface area (Å²) in [6.45, 7) is 8.31. The molecule has 1 aromatic rings. The van der Waals surface area contributed by atoms with E-state index in [1.54, 1.807) is 12.1 Å². The van der Waals surface area contributed by atoms with Gasteiger partial charge in [-0.2, -0.15) is 0 Å². The fraction of sp³-hybridized carbons (Fsp3) is 0.429. The molecule has 1 rings (SSSR count). The Hall–Kier alpha value is -1.84. The van der Waals surface area contributed by atoms with Gasteiger partial charge in [0.15, 0.2) is 0 Å². The summed E-state index contributed by atoms with van der Waals surface area (Å²) >= 11 is 0. The number of hydrogen-bond donors (Lipinski definition) is 0. The summed E-state index contributed by atoms with van der Waals surface area (Å²) in [6.07, 6.45) is 0. The number of carbonyl (C=O) groups excluding carboxylic acids is 2. The summed E-state index contributed by atoms with van der Waals surface area (Å²) in [5.74, 6) is 0.0821. The van der Waals surface area contributed by atoms with Crippen molar-refractivity contribution in [2.24, 2.45) is 0 Å². The van der Waals surface area contributed by atoms with Crippen LogP contribution in [0.3, 0.4) is 0 Å². The normalized spacial score (nSPS) is 9.83. The molecule has 0 amide bonds. The van der Waals surface area contributed by atoms with E-state index in [9.17, 15) is 9.59 Å². The van der Waals surface area contributed by atoms with Gasteiger partial charge in [-0.25, -0.2) is 0 Å². The van der Waals surface area contributed by atoms with Crippen molar-refractivity contribution in [3.63, 3.8) is 0 Å². The van der Waals surface area contributed by atoms with E-state index in [0.29, 0.717) is 5.75 Å². The maximum atomic E-state index is 10.4. The van der Waals surface area contributed by atoms with E-state index < -0.39 is 0 Å². The molecule has 0 aliphatic rings. The van der Waals surface area contributed by atoms with Crippen LogP contribution in [0.25, 0.3) is 0 Å². The average molecular weight is 252 g/mol. The number of hydrogen-bond acceptors (Lipinski definition) is 4. The Kier molecular flexibility index (Phi) is 6.71. The number of carbonyl (C=O) groups is 2. The molecule has 1 aromatic carbocycles. The molecule has 4 nitrogen and oxygen atoms in total. The van der Waals surface area contributed by atoms with Gasteiger partial charge in [-0.15, -0.1) is 0 Å². The molecule has 100 valence electrons. The number of ether oxygens (including phenoxy) is 2. The van der Waals surface area contributed by atoms with Gasteiger partial charge in [-0.1, -0.05) is 18.2 Å². The van der Waals surface area contributed by atoms with Crippen molar-refractivity contribution < 1.29 is 19.1 Å². The highest BCUT2D eigenvalue weighted by Crippen LogP contribution is 2.07. The van der Waals surface area contributed by atoms with Crippen LogP contribution in [0.15, 0.2) is 30.3 Å². The number of esters is 2.